The minimum atomic E-state index is -1.12. The van der Waals surface area contributed by atoms with Gasteiger partial charge in [0, 0.05) is 17.0 Å². The van der Waals surface area contributed by atoms with Crippen LogP contribution >= 0.6 is 11.6 Å². The number of carbonyl (C=O) groups is 1. The zero-order valence-electron chi connectivity index (χ0n) is 17.7. The van der Waals surface area contributed by atoms with Gasteiger partial charge >= 0.3 is 5.97 Å². The van der Waals surface area contributed by atoms with Crippen LogP contribution in [0.15, 0.2) is 36.4 Å². The maximum absolute atomic E-state index is 12.0. The number of benzene rings is 2. The van der Waals surface area contributed by atoms with E-state index in [2.05, 4.69) is 10.2 Å². The highest BCUT2D eigenvalue weighted by Crippen LogP contribution is 2.42. The summed E-state index contributed by atoms with van der Waals surface area (Å²) in [5.74, 6) is 0.540. The molecule has 1 aliphatic heterocycles. The molecule has 2 N–H and O–H groups in total. The van der Waals surface area contributed by atoms with Gasteiger partial charge in [-0.3, -0.25) is 5.10 Å². The van der Waals surface area contributed by atoms with Crippen molar-refractivity contribution in [1.82, 2.24) is 10.2 Å². The van der Waals surface area contributed by atoms with Crippen LogP contribution in [0, 0.1) is 0 Å². The Kier molecular flexibility index (Phi) is 6.41. The third-order valence-electron chi connectivity index (χ3n) is 5.24. The molecule has 2 heterocycles. The number of fused-ring (bicyclic) bond motifs is 1. The number of nitrogens with one attached hydrogen (secondary N) is 1. The summed E-state index contributed by atoms with van der Waals surface area (Å²) in [5.41, 5.74) is 2.04. The van der Waals surface area contributed by atoms with E-state index < -0.39 is 11.9 Å². The molecular formula is C23H23ClN2O6. The molecule has 0 aliphatic carbocycles. The van der Waals surface area contributed by atoms with E-state index in [0.29, 0.717) is 40.9 Å². The standard InChI is InChI=1S/C23H23ClN2O6/c1-3-7-30-22-20(21(23(27)28)25-26-22)16(13-5-4-6-15(8-13)29-2)9-14-10-18-19(11-17(14)24)32-12-31-18/h4-6,8,10-11,16H,3,7,9,12H2,1-2H3,(H,25,26)(H,27,28). The molecule has 32 heavy (non-hydrogen) atoms. The lowest BCUT2D eigenvalue weighted by Crippen LogP contribution is -2.12. The van der Waals surface area contributed by atoms with Crippen molar-refractivity contribution < 1.29 is 28.8 Å². The summed E-state index contributed by atoms with van der Waals surface area (Å²) in [7, 11) is 1.58. The number of rotatable bonds is 9. The van der Waals surface area contributed by atoms with Crippen molar-refractivity contribution in [2.24, 2.45) is 0 Å². The molecule has 4 rings (SSSR count). The van der Waals surface area contributed by atoms with Crippen LogP contribution in [0.2, 0.25) is 5.02 Å². The highest BCUT2D eigenvalue weighted by Gasteiger charge is 2.30. The lowest BCUT2D eigenvalue weighted by molar-refractivity contribution is 0.0688. The summed E-state index contributed by atoms with van der Waals surface area (Å²) in [6, 6.07) is 11.0. The van der Waals surface area contributed by atoms with Gasteiger partial charge in [-0.1, -0.05) is 30.7 Å². The second-order valence-electron chi connectivity index (χ2n) is 7.30. The molecule has 8 nitrogen and oxygen atoms in total. The Morgan fingerprint density at radius 3 is 2.78 bits per heavy atom. The number of hydrogen-bond acceptors (Lipinski definition) is 6. The number of ether oxygens (including phenoxy) is 4. The van der Waals surface area contributed by atoms with Crippen molar-refractivity contribution >= 4 is 17.6 Å². The topological polar surface area (TPSA) is 103 Å². The first kappa shape index (κ1) is 21.8. The molecule has 0 fully saturated rings. The largest absolute Gasteiger partial charge is 0.497 e. The molecule has 2 aromatic carbocycles. The monoisotopic (exact) mass is 458 g/mol. The SMILES string of the molecule is CCCOc1n[nH]c(C(=O)O)c1C(Cc1cc2c(cc1Cl)OCO2)c1cccc(OC)c1. The number of carboxylic acids is 1. The Hall–Kier alpha value is -3.39. The van der Waals surface area contributed by atoms with Crippen LogP contribution in [0.5, 0.6) is 23.1 Å². The number of H-pyrrole nitrogens is 1. The van der Waals surface area contributed by atoms with Crippen LogP contribution in [-0.2, 0) is 6.42 Å². The summed E-state index contributed by atoms with van der Waals surface area (Å²) in [4.78, 5) is 12.0. The summed E-state index contributed by atoms with van der Waals surface area (Å²) >= 11 is 6.55. The maximum atomic E-state index is 12.0. The van der Waals surface area contributed by atoms with Crippen LogP contribution in [0.25, 0.3) is 0 Å². The van der Waals surface area contributed by atoms with Crippen molar-refractivity contribution in [3.05, 3.63) is 63.8 Å². The van der Waals surface area contributed by atoms with Crippen LogP contribution in [-0.4, -0.2) is 41.8 Å². The number of carboxylic acid groups (broad SMARTS) is 1. The third kappa shape index (κ3) is 4.31. The Morgan fingerprint density at radius 2 is 2.06 bits per heavy atom. The smallest absolute Gasteiger partial charge is 0.354 e. The van der Waals surface area contributed by atoms with Gasteiger partial charge in [0.1, 0.15) is 5.75 Å². The number of aromatic nitrogens is 2. The first-order chi connectivity index (χ1) is 15.5. The van der Waals surface area contributed by atoms with E-state index in [1.807, 2.05) is 37.3 Å². The first-order valence-electron chi connectivity index (χ1n) is 10.2. The predicted octanol–water partition coefficient (Wildman–Crippen LogP) is 4.66. The minimum absolute atomic E-state index is 0.0270. The van der Waals surface area contributed by atoms with Crippen molar-refractivity contribution in [3.8, 4) is 23.1 Å². The van der Waals surface area contributed by atoms with E-state index in [1.165, 1.54) is 0 Å². The number of halogens is 1. The van der Waals surface area contributed by atoms with Gasteiger partial charge < -0.3 is 24.1 Å². The van der Waals surface area contributed by atoms with Crippen molar-refractivity contribution in [2.45, 2.75) is 25.7 Å². The molecule has 168 valence electrons. The fourth-order valence-corrected chi connectivity index (χ4v) is 3.94. The van der Waals surface area contributed by atoms with Gasteiger partial charge in [-0.25, -0.2) is 4.79 Å². The molecule has 1 aliphatic rings. The van der Waals surface area contributed by atoms with E-state index in [1.54, 1.807) is 13.2 Å². The van der Waals surface area contributed by atoms with Crippen LogP contribution in [0.1, 0.15) is 46.4 Å². The molecule has 3 aromatic rings. The number of aromatic carboxylic acids is 1. The highest BCUT2D eigenvalue weighted by molar-refractivity contribution is 6.31. The van der Waals surface area contributed by atoms with Gasteiger partial charge in [0.05, 0.1) is 19.3 Å². The Bertz CT molecular complexity index is 1130. The van der Waals surface area contributed by atoms with Crippen molar-refractivity contribution in [1.29, 1.82) is 0 Å². The second-order valence-corrected chi connectivity index (χ2v) is 7.71. The summed E-state index contributed by atoms with van der Waals surface area (Å²) in [6.07, 6.45) is 1.14. The van der Waals surface area contributed by atoms with Gasteiger partial charge in [0.15, 0.2) is 17.2 Å². The maximum Gasteiger partial charge on any atom is 0.354 e. The molecule has 1 atom stereocenters. The number of nitrogens with zero attached hydrogens (tertiary/aromatic N) is 1. The van der Waals surface area contributed by atoms with E-state index in [9.17, 15) is 9.90 Å². The Labute approximate surface area is 190 Å². The normalized spacial score (nSPS) is 13.1. The van der Waals surface area contributed by atoms with Gasteiger partial charge in [0.2, 0.25) is 12.7 Å². The zero-order chi connectivity index (χ0) is 22.7. The fraction of sp³-hybridized carbons (Fsp3) is 0.304. The summed E-state index contributed by atoms with van der Waals surface area (Å²) in [6.45, 7) is 2.51. The van der Waals surface area contributed by atoms with E-state index in [0.717, 1.165) is 17.5 Å². The summed E-state index contributed by atoms with van der Waals surface area (Å²) in [5, 5.41) is 17.1. The lowest BCUT2D eigenvalue weighted by atomic mass is 9.85. The predicted molar refractivity (Wildman–Crippen MR) is 117 cm³/mol. The Morgan fingerprint density at radius 1 is 1.28 bits per heavy atom. The zero-order valence-corrected chi connectivity index (χ0v) is 18.4. The summed E-state index contributed by atoms with van der Waals surface area (Å²) < 4.78 is 22.1. The quantitative estimate of drug-likeness (QED) is 0.480. The molecule has 0 saturated carbocycles. The van der Waals surface area contributed by atoms with E-state index in [4.69, 9.17) is 30.5 Å². The average molecular weight is 459 g/mol. The molecule has 9 heteroatoms. The Balaban J connectivity index is 1.84. The van der Waals surface area contributed by atoms with E-state index in [-0.39, 0.29) is 18.4 Å². The van der Waals surface area contributed by atoms with Crippen LogP contribution < -0.4 is 18.9 Å². The van der Waals surface area contributed by atoms with E-state index >= 15 is 0 Å². The van der Waals surface area contributed by atoms with Gasteiger partial charge in [-0.15, -0.1) is 5.10 Å². The third-order valence-corrected chi connectivity index (χ3v) is 5.59. The molecule has 0 saturated heterocycles. The molecule has 0 bridgehead atoms. The molecule has 0 spiro atoms. The van der Waals surface area contributed by atoms with Gasteiger partial charge in [0.25, 0.3) is 0 Å². The highest BCUT2D eigenvalue weighted by atomic mass is 35.5. The lowest BCUT2D eigenvalue weighted by Gasteiger charge is -2.20. The van der Waals surface area contributed by atoms with Crippen LogP contribution in [0.4, 0.5) is 0 Å². The number of hydrogen-bond donors (Lipinski definition) is 2. The van der Waals surface area contributed by atoms with Gasteiger partial charge in [-0.2, -0.15) is 0 Å². The van der Waals surface area contributed by atoms with Crippen LogP contribution in [0.3, 0.4) is 0 Å². The fourth-order valence-electron chi connectivity index (χ4n) is 3.71. The first-order valence-corrected chi connectivity index (χ1v) is 10.6. The van der Waals surface area contributed by atoms with Crippen molar-refractivity contribution in [3.63, 3.8) is 0 Å². The number of methoxy groups -OCH3 is 1. The second kappa shape index (κ2) is 9.40. The average Bonchev–Trinajstić information content (AvgIpc) is 3.42. The molecular weight excluding hydrogens is 436 g/mol. The number of aromatic amines is 1. The molecule has 0 radical (unpaired) electrons. The molecule has 0 amide bonds. The van der Waals surface area contributed by atoms with Crippen molar-refractivity contribution in [2.75, 3.05) is 20.5 Å². The van der Waals surface area contributed by atoms with Gasteiger partial charge in [-0.05, 0) is 42.2 Å². The molecule has 1 aromatic heterocycles. The minimum Gasteiger partial charge on any atom is -0.497 e. The molecule has 1 unspecified atom stereocenters.